The molecule has 0 saturated carbocycles. The second-order valence-corrected chi connectivity index (χ2v) is 6.43. The van der Waals surface area contributed by atoms with Crippen LogP contribution in [0.2, 0.25) is 0 Å². The number of guanidine groups is 1. The molecule has 2 N–H and O–H groups in total. The summed E-state index contributed by atoms with van der Waals surface area (Å²) in [5.74, 6) is 1.78. The smallest absolute Gasteiger partial charge is 0.191 e. The molecule has 118 valence electrons. The molecule has 0 unspecified atom stereocenters. The highest BCUT2D eigenvalue weighted by molar-refractivity contribution is 7.07. The summed E-state index contributed by atoms with van der Waals surface area (Å²) in [7, 11) is 1.84. The lowest BCUT2D eigenvalue weighted by Crippen LogP contribution is -2.39. The second-order valence-electron chi connectivity index (χ2n) is 5.65. The average molecular weight is 308 g/mol. The van der Waals surface area contributed by atoms with E-state index in [1.165, 1.54) is 44.5 Å². The number of thiophene rings is 1. The van der Waals surface area contributed by atoms with Crippen molar-refractivity contribution in [3.63, 3.8) is 0 Å². The first-order valence-electron chi connectivity index (χ1n) is 7.99. The molecule has 0 bridgehead atoms. The van der Waals surface area contributed by atoms with Gasteiger partial charge in [-0.3, -0.25) is 4.99 Å². The number of hydrogen-bond acceptors (Lipinski definition) is 3. The van der Waals surface area contributed by atoms with Crippen LogP contribution in [0.3, 0.4) is 0 Å². The number of hydrogen-bond donors (Lipinski definition) is 2. The van der Waals surface area contributed by atoms with Gasteiger partial charge in [0.1, 0.15) is 0 Å². The molecule has 0 radical (unpaired) electrons. The molecule has 0 amide bonds. The number of aliphatic imine (C=N–C) groups is 1. The van der Waals surface area contributed by atoms with Gasteiger partial charge in [-0.15, -0.1) is 0 Å². The van der Waals surface area contributed by atoms with Gasteiger partial charge < -0.3 is 15.5 Å². The van der Waals surface area contributed by atoms with Gasteiger partial charge in [0.15, 0.2) is 5.96 Å². The Labute approximate surface area is 132 Å². The summed E-state index contributed by atoms with van der Waals surface area (Å²) in [5, 5.41) is 11.1. The lowest BCUT2D eigenvalue weighted by atomic mass is 9.93. The van der Waals surface area contributed by atoms with Gasteiger partial charge in [0.2, 0.25) is 0 Å². The number of likely N-dealkylation sites (tertiary alicyclic amines) is 1. The Kier molecular flexibility index (Phi) is 7.03. The van der Waals surface area contributed by atoms with Crippen LogP contribution in [0.1, 0.15) is 31.7 Å². The van der Waals surface area contributed by atoms with Crippen molar-refractivity contribution in [2.75, 3.05) is 33.2 Å². The van der Waals surface area contributed by atoms with Crippen molar-refractivity contribution in [2.24, 2.45) is 10.9 Å². The molecule has 0 spiro atoms. The normalized spacial score (nSPS) is 17.9. The van der Waals surface area contributed by atoms with E-state index in [9.17, 15) is 0 Å². The number of nitrogens with one attached hydrogen (secondary N) is 2. The Balaban J connectivity index is 1.60. The summed E-state index contributed by atoms with van der Waals surface area (Å²) in [5.41, 5.74) is 1.31. The topological polar surface area (TPSA) is 39.7 Å². The molecule has 4 nitrogen and oxygen atoms in total. The van der Waals surface area contributed by atoms with Gasteiger partial charge in [-0.25, -0.2) is 0 Å². The van der Waals surface area contributed by atoms with Crippen molar-refractivity contribution < 1.29 is 0 Å². The summed E-state index contributed by atoms with van der Waals surface area (Å²) >= 11 is 1.73. The Hall–Kier alpha value is -1.07. The van der Waals surface area contributed by atoms with Gasteiger partial charge in [0.25, 0.3) is 0 Å². The van der Waals surface area contributed by atoms with Gasteiger partial charge in [-0.1, -0.05) is 6.92 Å². The minimum atomic E-state index is 0.845. The molecule has 5 heteroatoms. The minimum absolute atomic E-state index is 0.845. The van der Waals surface area contributed by atoms with E-state index in [0.717, 1.165) is 25.0 Å². The molecular formula is C16H28N4S. The molecule has 1 saturated heterocycles. The molecule has 2 rings (SSSR count). The van der Waals surface area contributed by atoms with Crippen molar-refractivity contribution in [3.8, 4) is 0 Å². The summed E-state index contributed by atoms with van der Waals surface area (Å²) in [6, 6.07) is 2.15. The fraction of sp³-hybridized carbons (Fsp3) is 0.688. The Morgan fingerprint density at radius 2 is 2.19 bits per heavy atom. The van der Waals surface area contributed by atoms with E-state index in [1.807, 2.05) is 7.05 Å². The van der Waals surface area contributed by atoms with E-state index in [0.29, 0.717) is 0 Å². The summed E-state index contributed by atoms with van der Waals surface area (Å²) < 4.78 is 0. The predicted molar refractivity (Wildman–Crippen MR) is 92.0 cm³/mol. The van der Waals surface area contributed by atoms with E-state index < -0.39 is 0 Å². The molecule has 2 heterocycles. The molecule has 1 aromatic heterocycles. The zero-order valence-electron chi connectivity index (χ0n) is 13.3. The van der Waals surface area contributed by atoms with Crippen molar-refractivity contribution in [1.82, 2.24) is 15.5 Å². The number of nitrogens with zero attached hydrogens (tertiary/aromatic N) is 2. The SMILES string of the molecule is CCN1CCC(CCNC(=NC)NCc2ccsc2)CC1. The molecule has 0 aromatic carbocycles. The summed E-state index contributed by atoms with van der Waals surface area (Å²) in [6.45, 7) is 7.85. The van der Waals surface area contributed by atoms with Crippen molar-refractivity contribution in [1.29, 1.82) is 0 Å². The van der Waals surface area contributed by atoms with E-state index in [1.54, 1.807) is 11.3 Å². The van der Waals surface area contributed by atoms with Crippen molar-refractivity contribution in [2.45, 2.75) is 32.7 Å². The van der Waals surface area contributed by atoms with Gasteiger partial charge in [0, 0.05) is 20.1 Å². The Bertz CT molecular complexity index is 408. The van der Waals surface area contributed by atoms with Gasteiger partial charge in [-0.05, 0) is 67.2 Å². The molecule has 1 aliphatic heterocycles. The third-order valence-electron chi connectivity index (χ3n) is 4.26. The third kappa shape index (κ3) is 5.67. The lowest BCUT2D eigenvalue weighted by molar-refractivity contribution is 0.187. The quantitative estimate of drug-likeness (QED) is 0.627. The molecule has 1 aromatic rings. The first-order valence-corrected chi connectivity index (χ1v) is 8.94. The standard InChI is InChI=1S/C16H28N4S/c1-3-20-9-5-14(6-10-20)4-8-18-16(17-2)19-12-15-7-11-21-13-15/h7,11,13-14H,3-6,8-10,12H2,1-2H3,(H2,17,18,19). The van der Waals surface area contributed by atoms with Crippen LogP contribution >= 0.6 is 11.3 Å². The van der Waals surface area contributed by atoms with Crippen LogP contribution in [0.4, 0.5) is 0 Å². The van der Waals surface area contributed by atoms with Crippen LogP contribution in [0.5, 0.6) is 0 Å². The van der Waals surface area contributed by atoms with Crippen LogP contribution in [-0.4, -0.2) is 44.1 Å². The maximum Gasteiger partial charge on any atom is 0.191 e. The Morgan fingerprint density at radius 3 is 2.81 bits per heavy atom. The monoisotopic (exact) mass is 308 g/mol. The predicted octanol–water partition coefficient (Wildman–Crippen LogP) is 2.54. The first-order chi connectivity index (χ1) is 10.3. The molecular weight excluding hydrogens is 280 g/mol. The van der Waals surface area contributed by atoms with E-state index in [4.69, 9.17) is 0 Å². The number of piperidine rings is 1. The zero-order valence-corrected chi connectivity index (χ0v) is 14.1. The van der Waals surface area contributed by atoms with Crippen molar-refractivity contribution in [3.05, 3.63) is 22.4 Å². The highest BCUT2D eigenvalue weighted by Gasteiger charge is 2.17. The molecule has 0 aliphatic carbocycles. The van der Waals surface area contributed by atoms with Gasteiger partial charge in [0.05, 0.1) is 0 Å². The largest absolute Gasteiger partial charge is 0.356 e. The maximum atomic E-state index is 4.29. The van der Waals surface area contributed by atoms with Crippen LogP contribution in [0, 0.1) is 5.92 Å². The molecule has 21 heavy (non-hydrogen) atoms. The third-order valence-corrected chi connectivity index (χ3v) is 5.00. The second kappa shape index (κ2) is 9.05. The van der Waals surface area contributed by atoms with Gasteiger partial charge in [-0.2, -0.15) is 11.3 Å². The van der Waals surface area contributed by atoms with Crippen LogP contribution < -0.4 is 10.6 Å². The fourth-order valence-corrected chi connectivity index (χ4v) is 3.45. The zero-order chi connectivity index (χ0) is 14.9. The lowest BCUT2D eigenvalue weighted by Gasteiger charge is -2.31. The maximum absolute atomic E-state index is 4.29. The highest BCUT2D eigenvalue weighted by atomic mass is 32.1. The molecule has 1 fully saturated rings. The number of rotatable bonds is 6. The van der Waals surface area contributed by atoms with Crippen molar-refractivity contribution >= 4 is 17.3 Å². The first kappa shape index (κ1) is 16.3. The van der Waals surface area contributed by atoms with Crippen LogP contribution in [-0.2, 0) is 6.54 Å². The fourth-order valence-electron chi connectivity index (χ4n) is 2.79. The van der Waals surface area contributed by atoms with E-state index in [-0.39, 0.29) is 0 Å². The summed E-state index contributed by atoms with van der Waals surface area (Å²) in [4.78, 5) is 6.83. The highest BCUT2D eigenvalue weighted by Crippen LogP contribution is 2.19. The van der Waals surface area contributed by atoms with E-state index in [2.05, 4.69) is 44.3 Å². The molecule has 1 aliphatic rings. The average Bonchev–Trinajstić information content (AvgIpc) is 3.04. The van der Waals surface area contributed by atoms with Crippen LogP contribution in [0.25, 0.3) is 0 Å². The molecule has 0 atom stereocenters. The van der Waals surface area contributed by atoms with Gasteiger partial charge >= 0.3 is 0 Å². The van der Waals surface area contributed by atoms with E-state index >= 15 is 0 Å². The summed E-state index contributed by atoms with van der Waals surface area (Å²) in [6.07, 6.45) is 3.93. The minimum Gasteiger partial charge on any atom is -0.356 e. The Morgan fingerprint density at radius 1 is 1.38 bits per heavy atom. The van der Waals surface area contributed by atoms with Crippen LogP contribution in [0.15, 0.2) is 21.8 Å².